The lowest BCUT2D eigenvalue weighted by atomic mass is 10.1. The first-order valence-electron chi connectivity index (χ1n) is 5.29. The van der Waals surface area contributed by atoms with E-state index in [1.807, 2.05) is 30.3 Å². The molecule has 0 aliphatic carbocycles. The molecule has 0 aliphatic rings. The summed E-state index contributed by atoms with van der Waals surface area (Å²) in [6.07, 6.45) is 0. The van der Waals surface area contributed by atoms with E-state index in [9.17, 15) is 4.79 Å². The van der Waals surface area contributed by atoms with Gasteiger partial charge in [-0.1, -0.05) is 12.1 Å². The highest BCUT2D eigenvalue weighted by Gasteiger charge is 2.09. The fourth-order valence-electron chi connectivity index (χ4n) is 1.61. The molecule has 0 atom stereocenters. The van der Waals surface area contributed by atoms with Gasteiger partial charge in [-0.3, -0.25) is 4.79 Å². The Balaban J connectivity index is 2.35. The Morgan fingerprint density at radius 3 is 2.56 bits per heavy atom. The Morgan fingerprint density at radius 1 is 1.17 bits per heavy atom. The van der Waals surface area contributed by atoms with Crippen LogP contribution in [0.15, 0.2) is 42.5 Å². The smallest absolute Gasteiger partial charge is 0.250 e. The van der Waals surface area contributed by atoms with E-state index in [4.69, 9.17) is 11.5 Å². The van der Waals surface area contributed by atoms with Gasteiger partial charge in [0.2, 0.25) is 0 Å². The molecule has 5 heteroatoms. The number of hydrogen-bond donors (Lipinski definition) is 3. The zero-order chi connectivity index (χ0) is 13.1. The number of para-hydroxylation sites is 1. The van der Waals surface area contributed by atoms with E-state index in [1.54, 1.807) is 12.1 Å². The predicted molar refractivity (Wildman–Crippen MR) is 81.8 cm³/mol. The number of halogens is 1. The molecule has 4 nitrogen and oxygen atoms in total. The number of nitrogens with two attached hydrogens (primary N) is 2. The minimum absolute atomic E-state index is 0.325. The average molecular weight is 353 g/mol. The van der Waals surface area contributed by atoms with E-state index in [1.165, 1.54) is 0 Å². The van der Waals surface area contributed by atoms with Crippen molar-refractivity contribution >= 4 is 45.6 Å². The molecule has 0 spiro atoms. The Bertz CT molecular complexity index is 599. The summed E-state index contributed by atoms with van der Waals surface area (Å²) in [5.74, 6) is -0.529. The number of primary amides is 1. The molecule has 0 unspecified atom stereocenters. The minimum Gasteiger partial charge on any atom is -0.396 e. The number of amides is 1. The van der Waals surface area contributed by atoms with E-state index in [0.717, 1.165) is 9.26 Å². The SMILES string of the molecule is NC(=O)c1cccc(Nc2cccc(I)c2)c1N. The average Bonchev–Trinajstić information content (AvgIpc) is 2.31. The van der Waals surface area contributed by atoms with Crippen molar-refractivity contribution in [1.29, 1.82) is 0 Å². The maximum Gasteiger partial charge on any atom is 0.250 e. The summed E-state index contributed by atoms with van der Waals surface area (Å²) < 4.78 is 1.11. The summed E-state index contributed by atoms with van der Waals surface area (Å²) in [4.78, 5) is 11.2. The van der Waals surface area contributed by atoms with Crippen LogP contribution >= 0.6 is 22.6 Å². The number of nitrogens with one attached hydrogen (secondary N) is 1. The van der Waals surface area contributed by atoms with E-state index < -0.39 is 5.91 Å². The molecule has 0 saturated heterocycles. The van der Waals surface area contributed by atoms with Crippen LogP contribution in [0, 0.1) is 3.57 Å². The highest BCUT2D eigenvalue weighted by molar-refractivity contribution is 14.1. The normalized spacial score (nSPS) is 10.1. The molecule has 0 heterocycles. The van der Waals surface area contributed by atoms with Crippen LogP contribution in [-0.4, -0.2) is 5.91 Å². The third-order valence-corrected chi connectivity index (χ3v) is 3.15. The third-order valence-electron chi connectivity index (χ3n) is 2.48. The summed E-state index contributed by atoms with van der Waals surface area (Å²) in [5, 5.41) is 3.17. The lowest BCUT2D eigenvalue weighted by Crippen LogP contribution is -2.14. The van der Waals surface area contributed by atoms with Crippen molar-refractivity contribution in [3.8, 4) is 0 Å². The number of benzene rings is 2. The highest BCUT2D eigenvalue weighted by Crippen LogP contribution is 2.26. The van der Waals surface area contributed by atoms with Crippen LogP contribution in [0.25, 0.3) is 0 Å². The van der Waals surface area contributed by atoms with Crippen LogP contribution in [0.1, 0.15) is 10.4 Å². The van der Waals surface area contributed by atoms with Crippen LogP contribution in [0.3, 0.4) is 0 Å². The zero-order valence-electron chi connectivity index (χ0n) is 9.48. The van der Waals surface area contributed by atoms with Gasteiger partial charge in [0.1, 0.15) is 0 Å². The molecule has 0 radical (unpaired) electrons. The van der Waals surface area contributed by atoms with E-state index in [0.29, 0.717) is 16.9 Å². The maximum atomic E-state index is 11.2. The topological polar surface area (TPSA) is 81.1 Å². The summed E-state index contributed by atoms with van der Waals surface area (Å²) in [6.45, 7) is 0. The van der Waals surface area contributed by atoms with Crippen molar-refractivity contribution in [1.82, 2.24) is 0 Å². The van der Waals surface area contributed by atoms with Crippen LogP contribution in [0.2, 0.25) is 0 Å². The number of hydrogen-bond acceptors (Lipinski definition) is 3. The van der Waals surface area contributed by atoms with Crippen LogP contribution in [-0.2, 0) is 0 Å². The molecule has 0 aliphatic heterocycles. The first-order chi connectivity index (χ1) is 8.58. The summed E-state index contributed by atoms with van der Waals surface area (Å²) in [7, 11) is 0. The molecule has 0 aromatic heterocycles. The molecule has 2 rings (SSSR count). The van der Waals surface area contributed by atoms with E-state index in [-0.39, 0.29) is 0 Å². The molecule has 18 heavy (non-hydrogen) atoms. The van der Waals surface area contributed by atoms with Gasteiger partial charge in [-0.05, 0) is 52.9 Å². The Labute approximate surface area is 119 Å². The molecule has 1 amide bonds. The quantitative estimate of drug-likeness (QED) is 0.586. The standard InChI is InChI=1S/C13H12IN3O/c14-8-3-1-4-9(7-8)17-11-6-2-5-10(12(11)15)13(16)18/h1-7,17H,15H2,(H2,16,18). The summed E-state index contributed by atoms with van der Waals surface area (Å²) in [6, 6.07) is 13.0. The van der Waals surface area contributed by atoms with Gasteiger partial charge >= 0.3 is 0 Å². The molecule has 2 aromatic carbocycles. The van der Waals surface area contributed by atoms with Crippen molar-refractivity contribution in [3.05, 3.63) is 51.6 Å². The maximum absolute atomic E-state index is 11.2. The van der Waals surface area contributed by atoms with Crippen molar-refractivity contribution in [2.24, 2.45) is 5.73 Å². The lowest BCUT2D eigenvalue weighted by Gasteiger charge is -2.11. The van der Waals surface area contributed by atoms with Gasteiger partial charge in [-0.15, -0.1) is 0 Å². The lowest BCUT2D eigenvalue weighted by molar-refractivity contribution is 0.100. The number of carbonyl (C=O) groups is 1. The first-order valence-corrected chi connectivity index (χ1v) is 6.36. The van der Waals surface area contributed by atoms with Crippen molar-refractivity contribution < 1.29 is 4.79 Å². The monoisotopic (exact) mass is 353 g/mol. The van der Waals surface area contributed by atoms with Gasteiger partial charge in [0.25, 0.3) is 5.91 Å². The van der Waals surface area contributed by atoms with E-state index in [2.05, 4.69) is 27.9 Å². The van der Waals surface area contributed by atoms with Crippen LogP contribution in [0.5, 0.6) is 0 Å². The van der Waals surface area contributed by atoms with Crippen molar-refractivity contribution in [2.45, 2.75) is 0 Å². The molecule has 5 N–H and O–H groups in total. The predicted octanol–water partition coefficient (Wildman–Crippen LogP) is 2.72. The van der Waals surface area contributed by atoms with Gasteiger partial charge < -0.3 is 16.8 Å². The second-order valence-electron chi connectivity index (χ2n) is 3.77. The first kappa shape index (κ1) is 12.7. The molecule has 0 bridgehead atoms. The fourth-order valence-corrected chi connectivity index (χ4v) is 2.15. The third kappa shape index (κ3) is 2.73. The van der Waals surface area contributed by atoms with Gasteiger partial charge in [-0.2, -0.15) is 0 Å². The Hall–Kier alpha value is -1.76. The minimum atomic E-state index is -0.529. The van der Waals surface area contributed by atoms with E-state index >= 15 is 0 Å². The second-order valence-corrected chi connectivity index (χ2v) is 5.01. The number of nitrogen functional groups attached to an aromatic ring is 1. The number of carbonyl (C=O) groups excluding carboxylic acids is 1. The number of rotatable bonds is 3. The summed E-state index contributed by atoms with van der Waals surface area (Å²) in [5.41, 5.74) is 13.4. The molecule has 2 aromatic rings. The number of anilines is 3. The molecular formula is C13H12IN3O. The molecule has 0 saturated carbocycles. The molecule has 0 fully saturated rings. The Kier molecular flexibility index (Phi) is 3.71. The van der Waals surface area contributed by atoms with Gasteiger partial charge in [-0.25, -0.2) is 0 Å². The largest absolute Gasteiger partial charge is 0.396 e. The Morgan fingerprint density at radius 2 is 1.89 bits per heavy atom. The molecular weight excluding hydrogens is 341 g/mol. The highest BCUT2D eigenvalue weighted by atomic mass is 127. The van der Waals surface area contributed by atoms with Gasteiger partial charge in [0, 0.05) is 9.26 Å². The zero-order valence-corrected chi connectivity index (χ0v) is 11.6. The van der Waals surface area contributed by atoms with Gasteiger partial charge in [0.05, 0.1) is 16.9 Å². The second kappa shape index (κ2) is 5.26. The summed E-state index contributed by atoms with van der Waals surface area (Å²) >= 11 is 2.23. The van der Waals surface area contributed by atoms with Crippen molar-refractivity contribution in [3.63, 3.8) is 0 Å². The molecule has 92 valence electrons. The van der Waals surface area contributed by atoms with Crippen LogP contribution in [0.4, 0.5) is 17.1 Å². The van der Waals surface area contributed by atoms with Gasteiger partial charge in [0.15, 0.2) is 0 Å². The fraction of sp³-hybridized carbons (Fsp3) is 0. The van der Waals surface area contributed by atoms with Crippen molar-refractivity contribution in [2.75, 3.05) is 11.1 Å². The van der Waals surface area contributed by atoms with Crippen LogP contribution < -0.4 is 16.8 Å².